The van der Waals surface area contributed by atoms with Gasteiger partial charge in [0.2, 0.25) is 0 Å². The van der Waals surface area contributed by atoms with Crippen molar-refractivity contribution in [2.75, 3.05) is 13.2 Å². The minimum Gasteiger partial charge on any atom is -0.463 e. The Morgan fingerprint density at radius 1 is 1.06 bits per heavy atom. The van der Waals surface area contributed by atoms with Gasteiger partial charge in [-0.05, 0) is 5.18 Å². The second-order valence-corrected chi connectivity index (χ2v) is 2.75. The molecule has 0 aliphatic carbocycles. The van der Waals surface area contributed by atoms with Crippen LogP contribution in [0, 0.1) is 29.6 Å². The van der Waals surface area contributed by atoms with Gasteiger partial charge >= 0.3 is 11.9 Å². The third-order valence-electron chi connectivity index (χ3n) is 1.53. The summed E-state index contributed by atoms with van der Waals surface area (Å²) in [5.74, 6) is 2.29. The van der Waals surface area contributed by atoms with E-state index in [4.69, 9.17) is 12.8 Å². The molecule has 0 aromatic heterocycles. The Morgan fingerprint density at radius 2 is 1.47 bits per heavy atom. The first-order chi connectivity index (χ1) is 8.17. The van der Waals surface area contributed by atoms with Gasteiger partial charge in [-0.25, -0.2) is 9.59 Å². The van der Waals surface area contributed by atoms with E-state index in [-0.39, 0.29) is 26.1 Å². The van der Waals surface area contributed by atoms with Crippen molar-refractivity contribution >= 4 is 11.9 Å². The summed E-state index contributed by atoms with van der Waals surface area (Å²) >= 11 is 0. The van der Waals surface area contributed by atoms with Crippen molar-refractivity contribution in [3.05, 3.63) is 4.91 Å². The Kier molecular flexibility index (Phi) is 7.70. The normalized spacial score (nSPS) is 8.88. The third kappa shape index (κ3) is 5.95. The fourth-order valence-corrected chi connectivity index (χ4v) is 0.761. The van der Waals surface area contributed by atoms with E-state index < -0.39 is 18.0 Å². The van der Waals surface area contributed by atoms with Crippen LogP contribution in [0.3, 0.4) is 0 Å². The lowest BCUT2D eigenvalue weighted by Gasteiger charge is -2.08. The highest BCUT2D eigenvalue weighted by molar-refractivity contribution is 5.99. The Balaban J connectivity index is 4.17. The highest BCUT2D eigenvalue weighted by Gasteiger charge is 2.31. The number of nitrogens with zero attached hydrogens (tertiary/aromatic N) is 1. The average Bonchev–Trinajstić information content (AvgIpc) is 2.30. The van der Waals surface area contributed by atoms with Crippen LogP contribution < -0.4 is 0 Å². The lowest BCUT2D eigenvalue weighted by atomic mass is 10.3. The standard InChI is InChI=1S/C11H11NO5/c1-3-5-7-16-10(13)9(12-15)11(14)17-8-6-4-2/h1-2,9H,5-8H2. The summed E-state index contributed by atoms with van der Waals surface area (Å²) in [4.78, 5) is 32.7. The SMILES string of the molecule is C#CCCOC(=O)C(N=O)C(=O)OCCC#C. The molecule has 0 atom stereocenters. The van der Waals surface area contributed by atoms with Crippen LogP contribution in [0.2, 0.25) is 0 Å². The molecule has 0 aromatic rings. The van der Waals surface area contributed by atoms with Crippen LogP contribution in [0.25, 0.3) is 0 Å². The molecule has 0 bridgehead atoms. The van der Waals surface area contributed by atoms with Crippen LogP contribution >= 0.6 is 0 Å². The zero-order chi connectivity index (χ0) is 13.1. The van der Waals surface area contributed by atoms with Crippen molar-refractivity contribution in [2.45, 2.75) is 18.9 Å². The number of carbonyl (C=O) groups excluding carboxylic acids is 2. The van der Waals surface area contributed by atoms with Gasteiger partial charge in [-0.15, -0.1) is 29.6 Å². The molecule has 0 saturated heterocycles. The molecule has 0 rings (SSSR count). The summed E-state index contributed by atoms with van der Waals surface area (Å²) < 4.78 is 9.09. The van der Waals surface area contributed by atoms with E-state index in [0.29, 0.717) is 0 Å². The summed E-state index contributed by atoms with van der Waals surface area (Å²) in [5.41, 5.74) is 0. The van der Waals surface area contributed by atoms with Crippen molar-refractivity contribution in [2.24, 2.45) is 5.18 Å². The first-order valence-corrected chi connectivity index (χ1v) is 4.70. The summed E-state index contributed by atoms with van der Waals surface area (Å²) in [6, 6.07) is -1.83. The number of nitroso groups, excluding NO2 is 1. The molecule has 17 heavy (non-hydrogen) atoms. The predicted octanol–water partition coefficient (Wildman–Crippen LogP) is 0.254. The summed E-state index contributed by atoms with van der Waals surface area (Å²) in [6.45, 7) is -0.169. The highest BCUT2D eigenvalue weighted by atomic mass is 16.6. The van der Waals surface area contributed by atoms with E-state index in [1.54, 1.807) is 0 Å². The van der Waals surface area contributed by atoms with E-state index in [0.717, 1.165) is 0 Å². The molecule has 0 heterocycles. The Morgan fingerprint density at radius 3 is 1.76 bits per heavy atom. The van der Waals surface area contributed by atoms with Crippen LogP contribution in [0.5, 0.6) is 0 Å². The number of ether oxygens (including phenoxy) is 2. The van der Waals surface area contributed by atoms with E-state index in [1.807, 2.05) is 0 Å². The fraction of sp³-hybridized carbons (Fsp3) is 0.455. The quantitative estimate of drug-likeness (QED) is 0.208. The van der Waals surface area contributed by atoms with Crippen molar-refractivity contribution in [1.29, 1.82) is 0 Å². The molecule has 0 aliphatic heterocycles. The number of hydrogen-bond donors (Lipinski definition) is 0. The molecular formula is C11H11NO5. The Hall–Kier alpha value is -2.34. The topological polar surface area (TPSA) is 82.0 Å². The summed E-state index contributed by atoms with van der Waals surface area (Å²) in [6.07, 6.45) is 10.2. The largest absolute Gasteiger partial charge is 0.463 e. The van der Waals surface area contributed by atoms with Gasteiger partial charge in [-0.3, -0.25) is 0 Å². The zero-order valence-corrected chi connectivity index (χ0v) is 9.05. The van der Waals surface area contributed by atoms with Gasteiger partial charge in [0.15, 0.2) is 0 Å². The zero-order valence-electron chi connectivity index (χ0n) is 9.05. The smallest absolute Gasteiger partial charge is 0.346 e. The fourth-order valence-electron chi connectivity index (χ4n) is 0.761. The first-order valence-electron chi connectivity index (χ1n) is 4.70. The van der Waals surface area contributed by atoms with Crippen molar-refractivity contribution in [3.8, 4) is 24.7 Å². The number of esters is 2. The van der Waals surface area contributed by atoms with E-state index in [9.17, 15) is 14.5 Å². The van der Waals surface area contributed by atoms with Crippen molar-refractivity contribution in [3.63, 3.8) is 0 Å². The molecule has 0 N–H and O–H groups in total. The minimum atomic E-state index is -1.83. The van der Waals surface area contributed by atoms with Crippen LogP contribution in [0.15, 0.2) is 5.18 Å². The first kappa shape index (κ1) is 14.7. The summed E-state index contributed by atoms with van der Waals surface area (Å²) in [7, 11) is 0. The molecule has 0 amide bonds. The van der Waals surface area contributed by atoms with Gasteiger partial charge in [-0.2, -0.15) is 0 Å². The number of carbonyl (C=O) groups is 2. The Bertz CT molecular complexity index is 331. The predicted molar refractivity (Wildman–Crippen MR) is 58.4 cm³/mol. The van der Waals surface area contributed by atoms with Gasteiger partial charge in [-0.1, -0.05) is 0 Å². The molecule has 0 fully saturated rings. The van der Waals surface area contributed by atoms with Gasteiger partial charge in [0.25, 0.3) is 6.04 Å². The highest BCUT2D eigenvalue weighted by Crippen LogP contribution is 2.00. The van der Waals surface area contributed by atoms with Crippen LogP contribution in [-0.2, 0) is 19.1 Å². The number of terminal acetylenes is 2. The molecular weight excluding hydrogens is 226 g/mol. The van der Waals surface area contributed by atoms with Crippen molar-refractivity contribution < 1.29 is 19.1 Å². The lowest BCUT2D eigenvalue weighted by molar-refractivity contribution is -0.156. The molecule has 0 aromatic carbocycles. The molecule has 0 aliphatic rings. The molecule has 6 nitrogen and oxygen atoms in total. The van der Waals surface area contributed by atoms with E-state index >= 15 is 0 Å². The molecule has 0 unspecified atom stereocenters. The maximum absolute atomic E-state index is 11.2. The molecule has 90 valence electrons. The lowest BCUT2D eigenvalue weighted by Crippen LogP contribution is -2.32. The van der Waals surface area contributed by atoms with Gasteiger partial charge in [0.05, 0.1) is 0 Å². The average molecular weight is 237 g/mol. The van der Waals surface area contributed by atoms with E-state index in [2.05, 4.69) is 26.5 Å². The van der Waals surface area contributed by atoms with Crippen LogP contribution in [-0.4, -0.2) is 31.2 Å². The van der Waals surface area contributed by atoms with Crippen LogP contribution in [0.4, 0.5) is 0 Å². The van der Waals surface area contributed by atoms with Crippen LogP contribution in [0.1, 0.15) is 12.8 Å². The maximum Gasteiger partial charge on any atom is 0.346 e. The molecule has 6 heteroatoms. The van der Waals surface area contributed by atoms with E-state index in [1.165, 1.54) is 0 Å². The number of hydrogen-bond acceptors (Lipinski definition) is 6. The van der Waals surface area contributed by atoms with Gasteiger partial charge < -0.3 is 9.47 Å². The second kappa shape index (κ2) is 8.93. The summed E-state index contributed by atoms with van der Waals surface area (Å²) in [5, 5.41) is 2.34. The molecule has 0 saturated carbocycles. The Labute approximate surface area is 98.6 Å². The third-order valence-corrected chi connectivity index (χ3v) is 1.53. The second-order valence-electron chi connectivity index (χ2n) is 2.75. The monoisotopic (exact) mass is 237 g/mol. The molecule has 0 spiro atoms. The van der Waals surface area contributed by atoms with Gasteiger partial charge in [0, 0.05) is 12.8 Å². The molecule has 0 radical (unpaired) electrons. The van der Waals surface area contributed by atoms with Crippen molar-refractivity contribution in [1.82, 2.24) is 0 Å². The number of rotatable bonds is 7. The van der Waals surface area contributed by atoms with Gasteiger partial charge in [0.1, 0.15) is 13.2 Å². The maximum atomic E-state index is 11.2. The minimum absolute atomic E-state index is 0.0843.